The maximum atomic E-state index is 11.7. The molecule has 1 aromatic rings. The first-order valence-electron chi connectivity index (χ1n) is 5.28. The van der Waals surface area contributed by atoms with Gasteiger partial charge in [0.2, 0.25) is 5.91 Å². The summed E-state index contributed by atoms with van der Waals surface area (Å²) in [5.41, 5.74) is 1.59. The molecule has 2 rings (SSSR count). The maximum absolute atomic E-state index is 11.7. The Morgan fingerprint density at radius 3 is 2.76 bits per heavy atom. The second-order valence-corrected chi connectivity index (χ2v) is 4.61. The van der Waals surface area contributed by atoms with Crippen molar-refractivity contribution in [3.05, 3.63) is 28.8 Å². The molecule has 4 nitrogen and oxygen atoms in total. The number of carbonyl (C=O) groups excluding carboxylic acids is 1. The van der Waals surface area contributed by atoms with Crippen LogP contribution < -0.4 is 4.90 Å². The lowest BCUT2D eigenvalue weighted by Crippen LogP contribution is -2.26. The lowest BCUT2D eigenvalue weighted by Gasteiger charge is -2.17. The molecule has 0 bridgehead atoms. The van der Waals surface area contributed by atoms with Crippen molar-refractivity contribution in [3.8, 4) is 0 Å². The highest BCUT2D eigenvalue weighted by Gasteiger charge is 2.35. The number of carbonyl (C=O) groups is 2. The summed E-state index contributed by atoms with van der Waals surface area (Å²) in [6, 6.07) is 5.36. The van der Waals surface area contributed by atoms with Crippen LogP contribution in [0.5, 0.6) is 0 Å². The van der Waals surface area contributed by atoms with Crippen molar-refractivity contribution in [2.45, 2.75) is 13.3 Å². The first-order valence-corrected chi connectivity index (χ1v) is 5.66. The SMILES string of the molecule is Cc1ccc(N2C[C@H](C(=O)O)CC2=O)c(Cl)c1. The van der Waals surface area contributed by atoms with Gasteiger partial charge in [-0.2, -0.15) is 0 Å². The molecule has 90 valence electrons. The summed E-state index contributed by atoms with van der Waals surface area (Å²) in [4.78, 5) is 24.0. The zero-order valence-electron chi connectivity index (χ0n) is 9.31. The summed E-state index contributed by atoms with van der Waals surface area (Å²) in [7, 11) is 0. The summed E-state index contributed by atoms with van der Waals surface area (Å²) < 4.78 is 0. The Hall–Kier alpha value is -1.55. The van der Waals surface area contributed by atoms with Gasteiger partial charge in [-0.1, -0.05) is 17.7 Å². The third-order valence-electron chi connectivity index (χ3n) is 2.87. The molecule has 1 heterocycles. The standard InChI is InChI=1S/C12H12ClNO3/c1-7-2-3-10(9(13)4-7)14-6-8(12(16)17)5-11(14)15/h2-4,8H,5-6H2,1H3,(H,16,17)/t8-/m1/s1. The van der Waals surface area contributed by atoms with Crippen LogP contribution in [0, 0.1) is 12.8 Å². The van der Waals surface area contributed by atoms with Gasteiger partial charge >= 0.3 is 5.97 Å². The number of anilines is 1. The lowest BCUT2D eigenvalue weighted by atomic mass is 10.1. The molecule has 0 radical (unpaired) electrons. The number of benzene rings is 1. The average Bonchev–Trinajstić information content (AvgIpc) is 2.61. The summed E-state index contributed by atoms with van der Waals surface area (Å²) in [5.74, 6) is -1.77. The van der Waals surface area contributed by atoms with Crippen molar-refractivity contribution < 1.29 is 14.7 Å². The van der Waals surface area contributed by atoms with Crippen molar-refractivity contribution in [2.24, 2.45) is 5.92 Å². The quantitative estimate of drug-likeness (QED) is 0.878. The van der Waals surface area contributed by atoms with Gasteiger partial charge < -0.3 is 10.0 Å². The van der Waals surface area contributed by atoms with Crippen LogP contribution in [0.3, 0.4) is 0 Å². The highest BCUT2D eigenvalue weighted by atomic mass is 35.5. The van der Waals surface area contributed by atoms with Crippen molar-refractivity contribution in [3.63, 3.8) is 0 Å². The molecule has 1 aromatic carbocycles. The summed E-state index contributed by atoms with van der Waals surface area (Å²) in [5, 5.41) is 9.37. The predicted molar refractivity (Wildman–Crippen MR) is 64.3 cm³/mol. The Balaban J connectivity index is 2.29. The Kier molecular flexibility index (Phi) is 3.07. The lowest BCUT2D eigenvalue weighted by molar-refractivity contribution is -0.141. The third-order valence-corrected chi connectivity index (χ3v) is 3.17. The van der Waals surface area contributed by atoms with E-state index in [4.69, 9.17) is 16.7 Å². The van der Waals surface area contributed by atoms with E-state index < -0.39 is 11.9 Å². The average molecular weight is 254 g/mol. The van der Waals surface area contributed by atoms with E-state index in [2.05, 4.69) is 0 Å². The fourth-order valence-electron chi connectivity index (χ4n) is 1.94. The molecule has 0 aromatic heterocycles. The fourth-order valence-corrected chi connectivity index (χ4v) is 2.27. The topological polar surface area (TPSA) is 57.6 Å². The van der Waals surface area contributed by atoms with E-state index in [1.165, 1.54) is 4.90 Å². The largest absolute Gasteiger partial charge is 0.481 e. The third kappa shape index (κ3) is 2.26. The van der Waals surface area contributed by atoms with E-state index in [0.717, 1.165) is 5.56 Å². The molecule has 1 N–H and O–H groups in total. The monoisotopic (exact) mass is 253 g/mol. The van der Waals surface area contributed by atoms with Gasteiger partial charge in [0.15, 0.2) is 0 Å². The van der Waals surface area contributed by atoms with E-state index in [1.54, 1.807) is 12.1 Å². The number of hydrogen-bond donors (Lipinski definition) is 1. The molecule has 1 aliphatic rings. The molecule has 5 heteroatoms. The van der Waals surface area contributed by atoms with Crippen LogP contribution in [0.2, 0.25) is 5.02 Å². The summed E-state index contributed by atoms with van der Waals surface area (Å²) in [6.45, 7) is 2.10. The first-order chi connectivity index (χ1) is 7.99. The molecule has 17 heavy (non-hydrogen) atoms. The van der Waals surface area contributed by atoms with Crippen LogP contribution >= 0.6 is 11.6 Å². The highest BCUT2D eigenvalue weighted by Crippen LogP contribution is 2.31. The van der Waals surface area contributed by atoms with E-state index in [-0.39, 0.29) is 18.9 Å². The molecule has 1 amide bonds. The Morgan fingerprint density at radius 2 is 2.24 bits per heavy atom. The van der Waals surface area contributed by atoms with Crippen LogP contribution in [0.4, 0.5) is 5.69 Å². The first kappa shape index (κ1) is 11.9. The maximum Gasteiger partial charge on any atom is 0.308 e. The van der Waals surface area contributed by atoms with Crippen LogP contribution in [-0.4, -0.2) is 23.5 Å². The van der Waals surface area contributed by atoms with Gasteiger partial charge in [0.1, 0.15) is 0 Å². The van der Waals surface area contributed by atoms with Gasteiger partial charge in [-0.15, -0.1) is 0 Å². The predicted octanol–water partition coefficient (Wildman–Crippen LogP) is 2.09. The van der Waals surface area contributed by atoms with E-state index >= 15 is 0 Å². The smallest absolute Gasteiger partial charge is 0.308 e. The van der Waals surface area contributed by atoms with Gasteiger partial charge in [0.25, 0.3) is 0 Å². The zero-order chi connectivity index (χ0) is 12.6. The molecular weight excluding hydrogens is 242 g/mol. The normalized spacial score (nSPS) is 19.8. The minimum atomic E-state index is -0.941. The van der Waals surface area contributed by atoms with Gasteiger partial charge in [-0.25, -0.2) is 0 Å². The Bertz CT molecular complexity index is 487. The number of amides is 1. The minimum absolute atomic E-state index is 0.0412. The van der Waals surface area contributed by atoms with Crippen LogP contribution in [0.1, 0.15) is 12.0 Å². The fraction of sp³-hybridized carbons (Fsp3) is 0.333. The Morgan fingerprint density at radius 1 is 1.53 bits per heavy atom. The molecule has 0 unspecified atom stereocenters. The summed E-state index contributed by atoms with van der Waals surface area (Å²) in [6.07, 6.45) is 0.0412. The molecule has 1 aliphatic heterocycles. The van der Waals surface area contributed by atoms with Gasteiger partial charge in [0, 0.05) is 13.0 Å². The number of nitrogens with zero attached hydrogens (tertiary/aromatic N) is 1. The molecule has 1 saturated heterocycles. The van der Waals surface area contributed by atoms with E-state index in [1.807, 2.05) is 13.0 Å². The number of aliphatic carboxylic acids is 1. The molecule has 0 saturated carbocycles. The van der Waals surface area contributed by atoms with Gasteiger partial charge in [-0.3, -0.25) is 9.59 Å². The molecule has 1 fully saturated rings. The summed E-state index contributed by atoms with van der Waals surface area (Å²) >= 11 is 6.06. The van der Waals surface area contributed by atoms with Gasteiger partial charge in [0.05, 0.1) is 16.6 Å². The number of hydrogen-bond acceptors (Lipinski definition) is 2. The second-order valence-electron chi connectivity index (χ2n) is 4.20. The number of carboxylic acid groups (broad SMARTS) is 1. The molecule has 0 spiro atoms. The molecule has 1 atom stereocenters. The van der Waals surface area contributed by atoms with Crippen LogP contribution in [0.25, 0.3) is 0 Å². The van der Waals surface area contributed by atoms with Gasteiger partial charge in [-0.05, 0) is 24.6 Å². The van der Waals surface area contributed by atoms with E-state index in [9.17, 15) is 9.59 Å². The number of carboxylic acids is 1. The minimum Gasteiger partial charge on any atom is -0.481 e. The number of halogens is 1. The highest BCUT2D eigenvalue weighted by molar-refractivity contribution is 6.34. The van der Waals surface area contributed by atoms with E-state index in [0.29, 0.717) is 10.7 Å². The molecular formula is C12H12ClNO3. The number of rotatable bonds is 2. The Labute approximate surface area is 104 Å². The van der Waals surface area contributed by atoms with Crippen molar-refractivity contribution in [2.75, 3.05) is 11.4 Å². The zero-order valence-corrected chi connectivity index (χ0v) is 10.1. The second kappa shape index (κ2) is 4.37. The van der Waals surface area contributed by atoms with Crippen molar-refractivity contribution in [1.82, 2.24) is 0 Å². The molecule has 0 aliphatic carbocycles. The van der Waals surface area contributed by atoms with Crippen LogP contribution in [0.15, 0.2) is 18.2 Å². The number of aryl methyl sites for hydroxylation is 1. The van der Waals surface area contributed by atoms with Crippen molar-refractivity contribution in [1.29, 1.82) is 0 Å². The van der Waals surface area contributed by atoms with Crippen LogP contribution in [-0.2, 0) is 9.59 Å². The van der Waals surface area contributed by atoms with Crippen molar-refractivity contribution >= 4 is 29.2 Å².